The molecule has 1 unspecified atom stereocenters. The van der Waals surface area contributed by atoms with Gasteiger partial charge in [0.2, 0.25) is 5.91 Å². The smallest absolute Gasteiger partial charge is 0.409 e. The van der Waals surface area contributed by atoms with Crippen LogP contribution in [0, 0.1) is 17.7 Å². The molecule has 1 fully saturated rings. The summed E-state index contributed by atoms with van der Waals surface area (Å²) in [6, 6.07) is 6.35. The van der Waals surface area contributed by atoms with Gasteiger partial charge in [-0.1, -0.05) is 32.9 Å². The second kappa shape index (κ2) is 8.83. The third-order valence-corrected chi connectivity index (χ3v) is 4.24. The SMILES string of the molecule is CC(C)COC(=O)N1CCN(C(=O)C(C)Cc2cccc(F)c2)CC1. The quantitative estimate of drug-likeness (QED) is 0.820. The van der Waals surface area contributed by atoms with Gasteiger partial charge in [-0.3, -0.25) is 4.79 Å². The monoisotopic (exact) mass is 350 g/mol. The summed E-state index contributed by atoms with van der Waals surface area (Å²) < 4.78 is 18.5. The number of piperazine rings is 1. The Morgan fingerprint density at radius 2 is 1.76 bits per heavy atom. The normalized spacial score (nSPS) is 16.0. The highest BCUT2D eigenvalue weighted by molar-refractivity contribution is 5.79. The summed E-state index contributed by atoms with van der Waals surface area (Å²) in [4.78, 5) is 27.9. The molecule has 138 valence electrons. The zero-order valence-electron chi connectivity index (χ0n) is 15.2. The van der Waals surface area contributed by atoms with Gasteiger partial charge in [0, 0.05) is 32.1 Å². The van der Waals surface area contributed by atoms with Gasteiger partial charge in [0.15, 0.2) is 0 Å². The van der Waals surface area contributed by atoms with E-state index in [0.29, 0.717) is 45.1 Å². The number of benzene rings is 1. The number of nitrogens with zero attached hydrogens (tertiary/aromatic N) is 2. The van der Waals surface area contributed by atoms with Gasteiger partial charge in [0.1, 0.15) is 5.82 Å². The van der Waals surface area contributed by atoms with Gasteiger partial charge in [-0.25, -0.2) is 9.18 Å². The van der Waals surface area contributed by atoms with Crippen molar-refractivity contribution in [1.29, 1.82) is 0 Å². The highest BCUT2D eigenvalue weighted by atomic mass is 19.1. The van der Waals surface area contributed by atoms with E-state index in [4.69, 9.17) is 4.74 Å². The fourth-order valence-electron chi connectivity index (χ4n) is 2.86. The molecule has 1 saturated heterocycles. The molecule has 2 amide bonds. The first-order valence-electron chi connectivity index (χ1n) is 8.81. The number of carbonyl (C=O) groups excluding carboxylic acids is 2. The summed E-state index contributed by atoms with van der Waals surface area (Å²) in [5.41, 5.74) is 0.816. The van der Waals surface area contributed by atoms with Gasteiger partial charge < -0.3 is 14.5 Å². The largest absolute Gasteiger partial charge is 0.449 e. The standard InChI is InChI=1S/C19H27FN2O3/c1-14(2)13-25-19(24)22-9-7-21(8-10-22)18(23)15(3)11-16-5-4-6-17(20)12-16/h4-6,12,14-15H,7-11,13H2,1-3H3. The number of halogens is 1. The van der Waals surface area contributed by atoms with Crippen molar-refractivity contribution in [2.75, 3.05) is 32.8 Å². The molecule has 0 bridgehead atoms. The van der Waals surface area contributed by atoms with Crippen LogP contribution >= 0.6 is 0 Å². The molecule has 6 heteroatoms. The van der Waals surface area contributed by atoms with Crippen LogP contribution in [0.5, 0.6) is 0 Å². The van der Waals surface area contributed by atoms with Crippen LogP contribution in [0.1, 0.15) is 26.3 Å². The number of hydrogen-bond acceptors (Lipinski definition) is 3. The average molecular weight is 350 g/mol. The van der Waals surface area contributed by atoms with E-state index in [-0.39, 0.29) is 23.7 Å². The summed E-state index contributed by atoms with van der Waals surface area (Å²) in [5, 5.41) is 0. The first-order valence-corrected chi connectivity index (χ1v) is 8.81. The van der Waals surface area contributed by atoms with E-state index in [0.717, 1.165) is 5.56 Å². The molecule has 2 rings (SSSR count). The van der Waals surface area contributed by atoms with E-state index in [1.54, 1.807) is 15.9 Å². The second-order valence-corrected chi connectivity index (χ2v) is 7.02. The molecule has 1 aliphatic rings. The minimum Gasteiger partial charge on any atom is -0.449 e. The van der Waals surface area contributed by atoms with Crippen molar-refractivity contribution in [3.8, 4) is 0 Å². The maximum absolute atomic E-state index is 13.3. The summed E-state index contributed by atoms with van der Waals surface area (Å²) in [6.45, 7) is 8.21. The number of rotatable bonds is 5. The van der Waals surface area contributed by atoms with Crippen molar-refractivity contribution >= 4 is 12.0 Å². The first-order chi connectivity index (χ1) is 11.9. The van der Waals surface area contributed by atoms with Gasteiger partial charge in [0.25, 0.3) is 0 Å². The van der Waals surface area contributed by atoms with E-state index in [1.807, 2.05) is 26.8 Å². The minimum atomic E-state index is -0.311. The molecule has 5 nitrogen and oxygen atoms in total. The molecule has 0 N–H and O–H groups in total. The minimum absolute atomic E-state index is 0.0412. The van der Waals surface area contributed by atoms with Crippen molar-refractivity contribution in [3.05, 3.63) is 35.6 Å². The maximum Gasteiger partial charge on any atom is 0.409 e. The summed E-state index contributed by atoms with van der Waals surface area (Å²) in [6.07, 6.45) is 0.196. The van der Waals surface area contributed by atoms with E-state index in [2.05, 4.69) is 0 Å². The van der Waals surface area contributed by atoms with Gasteiger partial charge in [-0.05, 0) is 30.0 Å². The van der Waals surface area contributed by atoms with Crippen LogP contribution in [-0.2, 0) is 16.0 Å². The Balaban J connectivity index is 1.81. The lowest BCUT2D eigenvalue weighted by molar-refractivity contribution is -0.136. The van der Waals surface area contributed by atoms with Crippen LogP contribution in [0.4, 0.5) is 9.18 Å². The van der Waals surface area contributed by atoms with Crippen molar-refractivity contribution in [2.45, 2.75) is 27.2 Å². The Morgan fingerprint density at radius 3 is 2.36 bits per heavy atom. The average Bonchev–Trinajstić information content (AvgIpc) is 2.59. The number of hydrogen-bond donors (Lipinski definition) is 0. The molecule has 1 aromatic rings. The van der Waals surface area contributed by atoms with Gasteiger partial charge in [0.05, 0.1) is 6.61 Å². The molecule has 1 heterocycles. The number of amides is 2. The molecule has 0 aliphatic carbocycles. The second-order valence-electron chi connectivity index (χ2n) is 7.02. The van der Waals surface area contributed by atoms with Gasteiger partial charge in [-0.2, -0.15) is 0 Å². The Hall–Kier alpha value is -2.11. The lowest BCUT2D eigenvalue weighted by Gasteiger charge is -2.35. The highest BCUT2D eigenvalue weighted by Gasteiger charge is 2.27. The Morgan fingerprint density at radius 1 is 1.12 bits per heavy atom. The van der Waals surface area contributed by atoms with Crippen molar-refractivity contribution in [3.63, 3.8) is 0 Å². The van der Waals surface area contributed by atoms with Crippen molar-refractivity contribution < 1.29 is 18.7 Å². The fraction of sp³-hybridized carbons (Fsp3) is 0.579. The molecule has 1 aromatic carbocycles. The summed E-state index contributed by atoms with van der Waals surface area (Å²) in [7, 11) is 0. The molecule has 1 atom stereocenters. The zero-order valence-corrected chi connectivity index (χ0v) is 15.2. The maximum atomic E-state index is 13.3. The summed E-state index contributed by atoms with van der Waals surface area (Å²) in [5.74, 6) is -0.165. The Labute approximate surface area is 148 Å². The van der Waals surface area contributed by atoms with E-state index in [1.165, 1.54) is 12.1 Å². The van der Waals surface area contributed by atoms with Crippen LogP contribution < -0.4 is 0 Å². The molecule has 0 spiro atoms. The highest BCUT2D eigenvalue weighted by Crippen LogP contribution is 2.15. The van der Waals surface area contributed by atoms with E-state index < -0.39 is 0 Å². The molecule has 25 heavy (non-hydrogen) atoms. The van der Waals surface area contributed by atoms with Crippen LogP contribution in [0.3, 0.4) is 0 Å². The lowest BCUT2D eigenvalue weighted by atomic mass is 9.99. The molecule has 0 aromatic heterocycles. The summed E-state index contributed by atoms with van der Waals surface area (Å²) >= 11 is 0. The lowest BCUT2D eigenvalue weighted by Crippen LogP contribution is -2.52. The van der Waals surface area contributed by atoms with E-state index >= 15 is 0 Å². The molecule has 1 aliphatic heterocycles. The predicted molar refractivity (Wildman–Crippen MR) is 93.6 cm³/mol. The van der Waals surface area contributed by atoms with Crippen LogP contribution in [0.2, 0.25) is 0 Å². The predicted octanol–water partition coefficient (Wildman–Crippen LogP) is 2.94. The number of carbonyl (C=O) groups is 2. The van der Waals surface area contributed by atoms with E-state index in [9.17, 15) is 14.0 Å². The number of ether oxygens (including phenoxy) is 1. The Kier molecular flexibility index (Phi) is 6.79. The zero-order chi connectivity index (χ0) is 18.4. The topological polar surface area (TPSA) is 49.9 Å². The van der Waals surface area contributed by atoms with Crippen molar-refractivity contribution in [1.82, 2.24) is 9.80 Å². The molecule has 0 saturated carbocycles. The molecule has 0 radical (unpaired) electrons. The van der Waals surface area contributed by atoms with Crippen LogP contribution in [-0.4, -0.2) is 54.6 Å². The van der Waals surface area contributed by atoms with Crippen molar-refractivity contribution in [2.24, 2.45) is 11.8 Å². The van der Waals surface area contributed by atoms with Crippen LogP contribution in [0.15, 0.2) is 24.3 Å². The first kappa shape index (κ1) is 19.2. The third-order valence-electron chi connectivity index (χ3n) is 4.24. The fourth-order valence-corrected chi connectivity index (χ4v) is 2.86. The molecular weight excluding hydrogens is 323 g/mol. The van der Waals surface area contributed by atoms with Gasteiger partial charge >= 0.3 is 6.09 Å². The Bertz CT molecular complexity index is 598. The molecular formula is C19H27FN2O3. The van der Waals surface area contributed by atoms with Gasteiger partial charge in [-0.15, -0.1) is 0 Å². The van der Waals surface area contributed by atoms with Crippen LogP contribution in [0.25, 0.3) is 0 Å². The third kappa shape index (κ3) is 5.73.